The summed E-state index contributed by atoms with van der Waals surface area (Å²) in [6, 6.07) is 2.38. The summed E-state index contributed by atoms with van der Waals surface area (Å²) in [5.41, 5.74) is 5.97. The molecule has 3 nitrogen and oxygen atoms in total. The van der Waals surface area contributed by atoms with Crippen molar-refractivity contribution in [3.8, 4) is 5.75 Å². The van der Waals surface area contributed by atoms with Crippen LogP contribution in [0.4, 0.5) is 0 Å². The summed E-state index contributed by atoms with van der Waals surface area (Å²) in [5.74, 6) is 0.0258. The van der Waals surface area contributed by atoms with E-state index in [-0.39, 0.29) is 12.4 Å². The van der Waals surface area contributed by atoms with Crippen LogP contribution >= 0.6 is 27.5 Å². The highest BCUT2D eigenvalue weighted by Gasteiger charge is 2.12. The largest absolute Gasteiger partial charge is 0.508 e. The molecular formula is C8H9BrClNO2. The van der Waals surface area contributed by atoms with Crippen molar-refractivity contribution in [2.24, 2.45) is 5.73 Å². The minimum absolute atomic E-state index is 0.0258. The molecular weight excluding hydrogens is 257 g/mol. The minimum Gasteiger partial charge on any atom is -0.508 e. The highest BCUT2D eigenvalue weighted by Crippen LogP contribution is 2.32. The van der Waals surface area contributed by atoms with Crippen molar-refractivity contribution in [2.75, 3.05) is 6.61 Å². The van der Waals surface area contributed by atoms with Crippen LogP contribution in [0.15, 0.2) is 16.6 Å². The molecule has 0 bridgehead atoms. The van der Waals surface area contributed by atoms with Gasteiger partial charge in [-0.05, 0) is 28.1 Å². The molecule has 1 rings (SSSR count). The van der Waals surface area contributed by atoms with Gasteiger partial charge in [-0.3, -0.25) is 0 Å². The highest BCUT2D eigenvalue weighted by molar-refractivity contribution is 9.10. The molecule has 5 heteroatoms. The first-order valence-electron chi connectivity index (χ1n) is 3.60. The molecule has 0 saturated heterocycles. The minimum atomic E-state index is -0.606. The van der Waals surface area contributed by atoms with Crippen LogP contribution < -0.4 is 5.73 Å². The molecule has 0 aliphatic heterocycles. The van der Waals surface area contributed by atoms with Crippen LogP contribution in [0, 0.1) is 0 Å². The highest BCUT2D eigenvalue weighted by atomic mass is 79.9. The summed E-state index contributed by atoms with van der Waals surface area (Å²) < 4.78 is 0.598. The Morgan fingerprint density at radius 1 is 1.54 bits per heavy atom. The Bertz CT molecular complexity index is 319. The zero-order valence-electron chi connectivity index (χ0n) is 6.67. The number of halogens is 2. The summed E-state index contributed by atoms with van der Waals surface area (Å²) in [4.78, 5) is 0. The van der Waals surface area contributed by atoms with Crippen molar-refractivity contribution in [2.45, 2.75) is 6.04 Å². The van der Waals surface area contributed by atoms with E-state index in [1.807, 2.05) is 0 Å². The molecule has 0 heterocycles. The number of hydrogen-bond acceptors (Lipinski definition) is 3. The lowest BCUT2D eigenvalue weighted by atomic mass is 10.1. The zero-order chi connectivity index (χ0) is 10.0. The lowest BCUT2D eigenvalue weighted by Gasteiger charge is -2.11. The topological polar surface area (TPSA) is 66.5 Å². The van der Waals surface area contributed by atoms with Gasteiger partial charge in [-0.2, -0.15) is 0 Å². The Hall–Kier alpha value is -0.290. The normalized spacial score (nSPS) is 12.9. The standard InChI is InChI=1S/C8H9BrClNO2/c9-5-2-8(13)4(1-6(5)10)7(11)3-12/h1-2,7,12-13H,3,11H2/t7-/m0/s1. The number of rotatable bonds is 2. The molecule has 0 fully saturated rings. The third-order valence-electron chi connectivity index (χ3n) is 1.67. The van der Waals surface area contributed by atoms with Crippen LogP contribution in [0.3, 0.4) is 0 Å². The molecule has 0 aromatic heterocycles. The van der Waals surface area contributed by atoms with Gasteiger partial charge in [-0.15, -0.1) is 0 Å². The number of nitrogens with two attached hydrogens (primary N) is 1. The first-order chi connectivity index (χ1) is 6.06. The maximum Gasteiger partial charge on any atom is 0.121 e. The van der Waals surface area contributed by atoms with E-state index in [2.05, 4.69) is 15.9 Å². The van der Waals surface area contributed by atoms with Crippen molar-refractivity contribution in [1.29, 1.82) is 0 Å². The molecule has 0 radical (unpaired) electrons. The first-order valence-corrected chi connectivity index (χ1v) is 4.77. The van der Waals surface area contributed by atoms with E-state index in [9.17, 15) is 5.11 Å². The van der Waals surface area contributed by atoms with Crippen molar-refractivity contribution in [3.05, 3.63) is 27.2 Å². The number of aromatic hydroxyl groups is 1. The maximum atomic E-state index is 9.44. The van der Waals surface area contributed by atoms with Gasteiger partial charge in [0.1, 0.15) is 5.75 Å². The molecule has 0 unspecified atom stereocenters. The zero-order valence-corrected chi connectivity index (χ0v) is 9.01. The number of benzene rings is 1. The monoisotopic (exact) mass is 265 g/mol. The van der Waals surface area contributed by atoms with Gasteiger partial charge >= 0.3 is 0 Å². The van der Waals surface area contributed by atoms with Crippen LogP contribution in [0.1, 0.15) is 11.6 Å². The molecule has 0 spiro atoms. The van der Waals surface area contributed by atoms with Gasteiger partial charge in [0.15, 0.2) is 0 Å². The Morgan fingerprint density at radius 2 is 2.15 bits per heavy atom. The van der Waals surface area contributed by atoms with E-state index in [1.165, 1.54) is 12.1 Å². The van der Waals surface area contributed by atoms with Crippen LogP contribution in [-0.2, 0) is 0 Å². The van der Waals surface area contributed by atoms with Gasteiger partial charge in [0.2, 0.25) is 0 Å². The van der Waals surface area contributed by atoms with Crippen molar-refractivity contribution in [3.63, 3.8) is 0 Å². The molecule has 1 atom stereocenters. The van der Waals surface area contributed by atoms with Crippen LogP contribution in [0.5, 0.6) is 5.75 Å². The van der Waals surface area contributed by atoms with Gasteiger partial charge in [0, 0.05) is 10.0 Å². The van der Waals surface area contributed by atoms with Gasteiger partial charge in [0.05, 0.1) is 17.7 Å². The van der Waals surface area contributed by atoms with Gasteiger partial charge in [0.25, 0.3) is 0 Å². The fourth-order valence-corrected chi connectivity index (χ4v) is 1.45. The lowest BCUT2D eigenvalue weighted by molar-refractivity contribution is 0.265. The SMILES string of the molecule is N[C@@H](CO)c1cc(Cl)c(Br)cc1O. The number of hydrogen-bond donors (Lipinski definition) is 3. The number of aliphatic hydroxyl groups excluding tert-OH is 1. The lowest BCUT2D eigenvalue weighted by Crippen LogP contribution is -2.14. The van der Waals surface area contributed by atoms with E-state index in [1.54, 1.807) is 0 Å². The van der Waals surface area contributed by atoms with E-state index in [0.717, 1.165) is 0 Å². The predicted molar refractivity (Wildman–Crippen MR) is 54.8 cm³/mol. The van der Waals surface area contributed by atoms with Crippen molar-refractivity contribution < 1.29 is 10.2 Å². The quantitative estimate of drug-likeness (QED) is 0.765. The Labute approximate surface area is 89.3 Å². The molecule has 13 heavy (non-hydrogen) atoms. The third kappa shape index (κ3) is 2.34. The predicted octanol–water partition coefficient (Wildman–Crippen LogP) is 1.80. The molecule has 1 aromatic rings. The van der Waals surface area contributed by atoms with Crippen molar-refractivity contribution >= 4 is 27.5 Å². The number of aliphatic hydroxyl groups is 1. The van der Waals surface area contributed by atoms with E-state index in [4.69, 9.17) is 22.4 Å². The molecule has 0 aliphatic carbocycles. The number of phenolic OH excluding ortho intramolecular Hbond substituents is 1. The second-order valence-corrected chi connectivity index (χ2v) is 3.88. The second kappa shape index (κ2) is 4.28. The summed E-state index contributed by atoms with van der Waals surface area (Å²) in [6.07, 6.45) is 0. The fourth-order valence-electron chi connectivity index (χ4n) is 0.947. The smallest absolute Gasteiger partial charge is 0.121 e. The summed E-state index contributed by atoms with van der Waals surface area (Å²) in [5, 5.41) is 18.7. The average Bonchev–Trinajstić information content (AvgIpc) is 2.10. The van der Waals surface area contributed by atoms with Crippen LogP contribution in [0.25, 0.3) is 0 Å². The fraction of sp³-hybridized carbons (Fsp3) is 0.250. The Morgan fingerprint density at radius 3 is 2.69 bits per heavy atom. The van der Waals surface area contributed by atoms with Crippen LogP contribution in [0.2, 0.25) is 5.02 Å². The number of phenols is 1. The molecule has 1 aromatic carbocycles. The Balaban J connectivity index is 3.15. The average molecular weight is 267 g/mol. The maximum absolute atomic E-state index is 9.44. The van der Waals surface area contributed by atoms with E-state index < -0.39 is 6.04 Å². The summed E-state index contributed by atoms with van der Waals surface area (Å²) >= 11 is 8.95. The van der Waals surface area contributed by atoms with Gasteiger partial charge in [-0.25, -0.2) is 0 Å². The van der Waals surface area contributed by atoms with Gasteiger partial charge in [-0.1, -0.05) is 11.6 Å². The molecule has 0 saturated carbocycles. The second-order valence-electron chi connectivity index (χ2n) is 2.61. The van der Waals surface area contributed by atoms with E-state index >= 15 is 0 Å². The third-order valence-corrected chi connectivity index (χ3v) is 2.86. The summed E-state index contributed by atoms with van der Waals surface area (Å²) in [7, 11) is 0. The van der Waals surface area contributed by atoms with E-state index in [0.29, 0.717) is 15.1 Å². The molecule has 72 valence electrons. The molecule has 4 N–H and O–H groups in total. The van der Waals surface area contributed by atoms with Crippen molar-refractivity contribution in [1.82, 2.24) is 0 Å². The van der Waals surface area contributed by atoms with Crippen LogP contribution in [-0.4, -0.2) is 16.8 Å². The first kappa shape index (κ1) is 10.8. The Kier molecular flexibility index (Phi) is 3.55. The summed E-state index contributed by atoms with van der Waals surface area (Å²) in [6.45, 7) is -0.231. The van der Waals surface area contributed by atoms with Gasteiger partial charge < -0.3 is 15.9 Å². The molecule has 0 amide bonds. The molecule has 0 aliphatic rings.